The third kappa shape index (κ3) is 3.71. The molecule has 2 aliphatic rings. The van der Waals surface area contributed by atoms with Crippen LogP contribution in [0, 0.1) is 6.92 Å². The first-order valence-electron chi connectivity index (χ1n) is 11.6. The maximum Gasteiger partial charge on any atom is 0.318 e. The molecule has 1 N–H and O–H groups in total. The van der Waals surface area contributed by atoms with Gasteiger partial charge in [-0.15, -0.1) is 22.7 Å². The lowest BCUT2D eigenvalue weighted by Gasteiger charge is -2.30. The van der Waals surface area contributed by atoms with Gasteiger partial charge in [-0.2, -0.15) is 0 Å². The zero-order chi connectivity index (χ0) is 22.4. The van der Waals surface area contributed by atoms with Crippen molar-refractivity contribution in [1.82, 2.24) is 14.8 Å². The van der Waals surface area contributed by atoms with Crippen LogP contribution in [0.5, 0.6) is 0 Å². The number of rotatable bonds is 3. The topological polar surface area (TPSA) is 37.3 Å². The van der Waals surface area contributed by atoms with Crippen molar-refractivity contribution in [1.29, 1.82) is 0 Å². The van der Waals surface area contributed by atoms with Crippen LogP contribution in [0.2, 0.25) is 0 Å². The number of hydrogen-bond donors (Lipinski definition) is 1. The lowest BCUT2D eigenvalue weighted by atomic mass is 9.95. The summed E-state index contributed by atoms with van der Waals surface area (Å²) in [5, 5.41) is 6.63. The minimum absolute atomic E-state index is 0.00895. The van der Waals surface area contributed by atoms with E-state index in [1.807, 2.05) is 11.3 Å². The van der Waals surface area contributed by atoms with Crippen LogP contribution < -0.4 is 5.32 Å². The van der Waals surface area contributed by atoms with Crippen LogP contribution >= 0.6 is 22.7 Å². The van der Waals surface area contributed by atoms with Gasteiger partial charge in [0.25, 0.3) is 0 Å². The maximum absolute atomic E-state index is 13.7. The van der Waals surface area contributed by atoms with Crippen LogP contribution in [0.15, 0.2) is 60.1 Å². The van der Waals surface area contributed by atoms with Gasteiger partial charge < -0.3 is 14.8 Å². The molecule has 0 radical (unpaired) electrons. The third-order valence-electron chi connectivity index (χ3n) is 6.82. The number of nitrogens with zero attached hydrogens (tertiary/aromatic N) is 2. The van der Waals surface area contributed by atoms with Gasteiger partial charge in [-0.1, -0.05) is 35.9 Å². The predicted molar refractivity (Wildman–Crippen MR) is 135 cm³/mol. The Kier molecular flexibility index (Phi) is 5.35. The van der Waals surface area contributed by atoms with Crippen LogP contribution in [0.4, 0.5) is 4.79 Å². The zero-order valence-electron chi connectivity index (χ0n) is 18.7. The standard InChI is InChI=1S/C27H27N3OS2/c1-18-10-12-19(13-11-18)16-28-27(31)30-17-21-20-6-2-3-8-23(20)33-26(21)29-14-4-7-22(29)25(30)24-9-5-15-32-24/h4-5,7,9-15,25H,2-3,6,8,16-17H2,1H3,(H,28,31)/t25-/m0/s1. The summed E-state index contributed by atoms with van der Waals surface area (Å²) in [5.74, 6) is 0. The zero-order valence-corrected chi connectivity index (χ0v) is 20.3. The van der Waals surface area contributed by atoms with E-state index < -0.39 is 0 Å². The second-order valence-corrected chi connectivity index (χ2v) is 11.1. The van der Waals surface area contributed by atoms with Crippen molar-refractivity contribution in [2.75, 3.05) is 0 Å². The molecule has 0 saturated carbocycles. The molecule has 1 atom stereocenters. The molecule has 0 fully saturated rings. The molecule has 0 saturated heterocycles. The van der Waals surface area contributed by atoms with Gasteiger partial charge in [-0.3, -0.25) is 0 Å². The number of urea groups is 1. The van der Waals surface area contributed by atoms with E-state index in [4.69, 9.17) is 0 Å². The molecule has 33 heavy (non-hydrogen) atoms. The van der Waals surface area contributed by atoms with Crippen molar-refractivity contribution in [2.45, 2.75) is 51.7 Å². The Labute approximate surface area is 202 Å². The van der Waals surface area contributed by atoms with E-state index in [-0.39, 0.29) is 12.1 Å². The van der Waals surface area contributed by atoms with Crippen LogP contribution in [-0.4, -0.2) is 15.5 Å². The molecule has 0 bridgehead atoms. The molecule has 4 heterocycles. The van der Waals surface area contributed by atoms with Gasteiger partial charge in [-0.25, -0.2) is 4.79 Å². The van der Waals surface area contributed by atoms with Gasteiger partial charge in [0.05, 0.1) is 12.2 Å². The fraction of sp³-hybridized carbons (Fsp3) is 0.296. The van der Waals surface area contributed by atoms with Crippen molar-refractivity contribution in [3.8, 4) is 5.00 Å². The van der Waals surface area contributed by atoms with Crippen LogP contribution in [0.3, 0.4) is 0 Å². The first-order chi connectivity index (χ1) is 16.2. The van der Waals surface area contributed by atoms with Crippen LogP contribution in [0.1, 0.15) is 56.6 Å². The Hall–Kier alpha value is -2.83. The van der Waals surface area contributed by atoms with Gasteiger partial charge in [0.15, 0.2) is 0 Å². The number of aromatic nitrogens is 1. The summed E-state index contributed by atoms with van der Waals surface area (Å²) >= 11 is 3.65. The highest BCUT2D eigenvalue weighted by Gasteiger charge is 2.36. The fourth-order valence-electron chi connectivity index (χ4n) is 5.12. The Balaban J connectivity index is 1.41. The number of carbonyl (C=O) groups is 1. The number of benzene rings is 1. The molecule has 4 aromatic rings. The van der Waals surface area contributed by atoms with Crippen molar-refractivity contribution >= 4 is 28.7 Å². The molecule has 1 aliphatic heterocycles. The van der Waals surface area contributed by atoms with Crippen LogP contribution in [-0.2, 0) is 25.9 Å². The molecule has 6 heteroatoms. The Morgan fingerprint density at radius 2 is 1.91 bits per heavy atom. The van der Waals surface area contributed by atoms with Gasteiger partial charge in [0, 0.05) is 28.1 Å². The predicted octanol–water partition coefficient (Wildman–Crippen LogP) is 6.60. The number of carbonyl (C=O) groups excluding carboxylic acids is 1. The van der Waals surface area contributed by atoms with Gasteiger partial charge in [-0.05, 0) is 67.3 Å². The molecule has 0 unspecified atom stereocenters. The highest BCUT2D eigenvalue weighted by molar-refractivity contribution is 7.15. The smallest absolute Gasteiger partial charge is 0.318 e. The number of aryl methyl sites for hydroxylation is 2. The largest absolute Gasteiger partial charge is 0.334 e. The molecule has 0 spiro atoms. The van der Waals surface area contributed by atoms with Crippen LogP contribution in [0.25, 0.3) is 5.00 Å². The lowest BCUT2D eigenvalue weighted by Crippen LogP contribution is -2.41. The van der Waals surface area contributed by atoms with Crippen molar-refractivity contribution in [2.24, 2.45) is 0 Å². The average molecular weight is 474 g/mol. The summed E-state index contributed by atoms with van der Waals surface area (Å²) in [6.07, 6.45) is 6.97. The quantitative estimate of drug-likeness (QED) is 0.357. The lowest BCUT2D eigenvalue weighted by molar-refractivity contribution is 0.181. The number of amides is 2. The fourth-order valence-corrected chi connectivity index (χ4v) is 7.37. The third-order valence-corrected chi connectivity index (χ3v) is 9.07. The number of hydrogen-bond acceptors (Lipinski definition) is 3. The van der Waals surface area contributed by atoms with Crippen molar-refractivity contribution in [3.63, 3.8) is 0 Å². The van der Waals surface area contributed by atoms with Gasteiger partial charge >= 0.3 is 6.03 Å². The normalized spacial score (nSPS) is 17.1. The summed E-state index contributed by atoms with van der Waals surface area (Å²) in [7, 11) is 0. The number of nitrogens with one attached hydrogen (secondary N) is 1. The molecule has 2 amide bonds. The Bertz CT molecular complexity index is 1280. The molecule has 1 aromatic carbocycles. The molecular formula is C27H27N3OS2. The second kappa shape index (κ2) is 8.50. The maximum atomic E-state index is 13.7. The molecule has 4 nitrogen and oxygen atoms in total. The average Bonchev–Trinajstić information content (AvgIpc) is 3.58. The molecule has 1 aliphatic carbocycles. The van der Waals surface area contributed by atoms with Gasteiger partial charge in [0.2, 0.25) is 0 Å². The first-order valence-corrected chi connectivity index (χ1v) is 13.3. The minimum atomic E-state index is -0.100. The summed E-state index contributed by atoms with van der Waals surface area (Å²) < 4.78 is 2.34. The SMILES string of the molecule is Cc1ccc(CNC(=O)N2Cc3c(sc4c3CCCC4)-n3cccc3[C@H]2c2cccs2)cc1. The Morgan fingerprint density at radius 1 is 1.06 bits per heavy atom. The molecular weight excluding hydrogens is 446 g/mol. The van der Waals surface area contributed by atoms with E-state index in [0.29, 0.717) is 13.1 Å². The minimum Gasteiger partial charge on any atom is -0.334 e. The number of fused-ring (bicyclic) bond motifs is 5. The summed E-state index contributed by atoms with van der Waals surface area (Å²) in [6, 6.07) is 16.8. The van der Waals surface area contributed by atoms with E-state index in [1.54, 1.807) is 11.3 Å². The summed E-state index contributed by atoms with van der Waals surface area (Å²) in [4.78, 5) is 18.5. The number of thiophene rings is 2. The molecule has 3 aromatic heterocycles. The summed E-state index contributed by atoms with van der Waals surface area (Å²) in [5.41, 5.74) is 6.35. The van der Waals surface area contributed by atoms with E-state index >= 15 is 0 Å². The highest BCUT2D eigenvalue weighted by Crippen LogP contribution is 2.44. The molecule has 6 rings (SSSR count). The second-order valence-electron chi connectivity index (χ2n) is 8.99. The van der Waals surface area contributed by atoms with E-state index in [9.17, 15) is 4.79 Å². The summed E-state index contributed by atoms with van der Waals surface area (Å²) in [6.45, 7) is 3.26. The van der Waals surface area contributed by atoms with Crippen molar-refractivity contribution in [3.05, 3.63) is 97.8 Å². The highest BCUT2D eigenvalue weighted by atomic mass is 32.1. The van der Waals surface area contributed by atoms with Crippen molar-refractivity contribution < 1.29 is 4.79 Å². The first kappa shape index (κ1) is 20.8. The van der Waals surface area contributed by atoms with E-state index in [1.165, 1.54) is 50.0 Å². The van der Waals surface area contributed by atoms with E-state index in [0.717, 1.165) is 18.4 Å². The molecule has 168 valence electrons. The van der Waals surface area contributed by atoms with E-state index in [2.05, 4.69) is 81.8 Å². The van der Waals surface area contributed by atoms with Gasteiger partial charge in [0.1, 0.15) is 11.0 Å². The monoisotopic (exact) mass is 473 g/mol. The Morgan fingerprint density at radius 3 is 2.73 bits per heavy atom.